The van der Waals surface area contributed by atoms with Crippen molar-refractivity contribution in [2.24, 2.45) is 0 Å². The summed E-state index contributed by atoms with van der Waals surface area (Å²) in [5.41, 5.74) is 0.683. The third-order valence-corrected chi connectivity index (χ3v) is 2.59. The Labute approximate surface area is 117 Å². The molecule has 0 bridgehead atoms. The molecule has 4 nitrogen and oxygen atoms in total. The highest BCUT2D eigenvalue weighted by Crippen LogP contribution is 2.08. The van der Waals surface area contributed by atoms with E-state index >= 15 is 0 Å². The minimum Gasteiger partial charge on any atom is -0.487 e. The first-order valence-electron chi connectivity index (χ1n) is 6.22. The van der Waals surface area contributed by atoms with Gasteiger partial charge in [0.1, 0.15) is 19.0 Å². The Morgan fingerprint density at radius 2 is 1.55 bits per heavy atom. The van der Waals surface area contributed by atoms with Gasteiger partial charge in [0.25, 0.3) is 0 Å². The van der Waals surface area contributed by atoms with Crippen molar-refractivity contribution in [3.63, 3.8) is 0 Å². The number of carbonyl (C=O) groups is 1. The number of hydrogen-bond donors (Lipinski definition) is 1. The van der Waals surface area contributed by atoms with E-state index in [1.807, 2.05) is 48.5 Å². The molecular formula is C16H15NO3. The topological polar surface area (TPSA) is 59.4 Å². The summed E-state index contributed by atoms with van der Waals surface area (Å²) in [5, 5.41) is 7.61. The molecule has 2 aromatic carbocycles. The van der Waals surface area contributed by atoms with Crippen LogP contribution in [0.2, 0.25) is 0 Å². The molecule has 0 atom stereocenters. The fraction of sp³-hybridized carbons (Fsp3) is 0.125. The second kappa shape index (κ2) is 7.09. The van der Waals surface area contributed by atoms with Crippen LogP contribution in [0.1, 0.15) is 5.56 Å². The lowest BCUT2D eigenvalue weighted by Gasteiger charge is -2.07. The molecule has 0 aliphatic rings. The molecule has 0 saturated heterocycles. The largest absolute Gasteiger partial charge is 0.487 e. The van der Waals surface area contributed by atoms with E-state index in [1.54, 1.807) is 12.1 Å². The lowest BCUT2D eigenvalue weighted by molar-refractivity contribution is -0.137. The van der Waals surface area contributed by atoms with Crippen molar-refractivity contribution < 1.29 is 14.3 Å². The van der Waals surface area contributed by atoms with E-state index in [1.165, 1.54) is 0 Å². The first-order chi connectivity index (χ1) is 9.75. The van der Waals surface area contributed by atoms with E-state index in [0.29, 0.717) is 5.75 Å². The van der Waals surface area contributed by atoms with Gasteiger partial charge in [0, 0.05) is 0 Å². The van der Waals surface area contributed by atoms with Crippen LogP contribution in [-0.2, 0) is 16.1 Å². The maximum Gasteiger partial charge on any atom is 0.355 e. The fourth-order valence-electron chi connectivity index (χ4n) is 1.54. The summed E-state index contributed by atoms with van der Waals surface area (Å²) in [6.07, 6.45) is 0. The Kier molecular flexibility index (Phi) is 4.89. The van der Waals surface area contributed by atoms with Crippen LogP contribution in [-0.4, -0.2) is 18.3 Å². The highest BCUT2D eigenvalue weighted by atomic mass is 16.5. The van der Waals surface area contributed by atoms with Gasteiger partial charge in [-0.15, -0.1) is 0 Å². The molecule has 0 aliphatic carbocycles. The van der Waals surface area contributed by atoms with Gasteiger partial charge in [-0.1, -0.05) is 48.5 Å². The van der Waals surface area contributed by atoms with Gasteiger partial charge in [-0.3, -0.25) is 5.41 Å². The van der Waals surface area contributed by atoms with Gasteiger partial charge in [0.05, 0.1) is 0 Å². The van der Waals surface area contributed by atoms with E-state index < -0.39 is 5.97 Å². The van der Waals surface area contributed by atoms with Gasteiger partial charge in [-0.2, -0.15) is 0 Å². The molecule has 20 heavy (non-hydrogen) atoms. The van der Waals surface area contributed by atoms with Crippen LogP contribution >= 0.6 is 0 Å². The Morgan fingerprint density at radius 3 is 2.20 bits per heavy atom. The molecule has 0 aliphatic heterocycles. The molecular weight excluding hydrogens is 254 g/mol. The van der Waals surface area contributed by atoms with E-state index in [-0.39, 0.29) is 18.9 Å². The van der Waals surface area contributed by atoms with Crippen LogP contribution in [0.3, 0.4) is 0 Å². The Hall–Kier alpha value is -2.62. The maximum absolute atomic E-state index is 11.6. The lowest BCUT2D eigenvalue weighted by atomic mass is 10.2. The monoisotopic (exact) mass is 269 g/mol. The minimum absolute atomic E-state index is 0.0996. The zero-order valence-corrected chi connectivity index (χ0v) is 10.9. The third-order valence-electron chi connectivity index (χ3n) is 2.59. The molecule has 0 amide bonds. The van der Waals surface area contributed by atoms with Crippen LogP contribution < -0.4 is 4.74 Å². The highest BCUT2D eigenvalue weighted by Gasteiger charge is 2.11. The first kappa shape index (κ1) is 13.8. The van der Waals surface area contributed by atoms with E-state index in [9.17, 15) is 4.79 Å². The summed E-state index contributed by atoms with van der Waals surface area (Å²) >= 11 is 0. The Balaban J connectivity index is 1.76. The number of rotatable bonds is 6. The van der Waals surface area contributed by atoms with Crippen LogP contribution in [0.5, 0.6) is 5.75 Å². The number of carbonyl (C=O) groups excluding carboxylic acids is 1. The molecule has 1 N–H and O–H groups in total. The van der Waals surface area contributed by atoms with Gasteiger partial charge in [0.2, 0.25) is 0 Å². The van der Waals surface area contributed by atoms with E-state index in [0.717, 1.165) is 5.56 Å². The maximum atomic E-state index is 11.6. The van der Waals surface area contributed by atoms with E-state index in [2.05, 4.69) is 0 Å². The van der Waals surface area contributed by atoms with Crippen molar-refractivity contribution in [2.75, 3.05) is 6.61 Å². The molecule has 0 unspecified atom stereocenters. The third kappa shape index (κ3) is 4.24. The van der Waals surface area contributed by atoms with Crippen LogP contribution in [0.15, 0.2) is 60.7 Å². The number of nitrogens with one attached hydrogen (secondary N) is 1. The smallest absolute Gasteiger partial charge is 0.355 e. The molecule has 4 heteroatoms. The van der Waals surface area contributed by atoms with Crippen molar-refractivity contribution in [1.82, 2.24) is 0 Å². The summed E-state index contributed by atoms with van der Waals surface area (Å²) in [4.78, 5) is 11.6. The van der Waals surface area contributed by atoms with Gasteiger partial charge in [-0.05, 0) is 17.7 Å². The predicted molar refractivity (Wildman–Crippen MR) is 75.9 cm³/mol. The average molecular weight is 269 g/mol. The summed E-state index contributed by atoms with van der Waals surface area (Å²) in [6.45, 7) is 0.0605. The number of benzene rings is 2. The van der Waals surface area contributed by atoms with Crippen LogP contribution in [0, 0.1) is 5.41 Å². The van der Waals surface area contributed by atoms with Crippen LogP contribution in [0.25, 0.3) is 0 Å². The molecule has 0 fully saturated rings. The fourth-order valence-corrected chi connectivity index (χ4v) is 1.54. The van der Waals surface area contributed by atoms with Gasteiger partial charge in [0.15, 0.2) is 5.71 Å². The first-order valence-corrected chi connectivity index (χ1v) is 6.22. The lowest BCUT2D eigenvalue weighted by Crippen LogP contribution is -2.23. The minimum atomic E-state index is -0.662. The second-order valence-corrected chi connectivity index (χ2v) is 4.14. The van der Waals surface area contributed by atoms with Gasteiger partial charge in [-0.25, -0.2) is 4.79 Å². The molecule has 0 saturated carbocycles. The highest BCUT2D eigenvalue weighted by molar-refractivity contribution is 6.35. The number of esters is 1. The normalized spacial score (nSPS) is 9.80. The summed E-state index contributed by atoms with van der Waals surface area (Å²) < 4.78 is 10.4. The van der Waals surface area contributed by atoms with Crippen molar-refractivity contribution in [3.8, 4) is 5.75 Å². The molecule has 2 rings (SSSR count). The summed E-state index contributed by atoms with van der Waals surface area (Å²) in [5.74, 6) is -0.0436. The Morgan fingerprint density at radius 1 is 0.950 bits per heavy atom. The van der Waals surface area contributed by atoms with E-state index in [4.69, 9.17) is 14.9 Å². The SMILES string of the molecule is N=C(COc1ccccc1)C(=O)OCc1ccccc1. The quantitative estimate of drug-likeness (QED) is 0.648. The van der Waals surface area contributed by atoms with Crippen LogP contribution in [0.4, 0.5) is 0 Å². The van der Waals surface area contributed by atoms with Crippen molar-refractivity contribution >= 4 is 11.7 Å². The predicted octanol–water partition coefficient (Wildman–Crippen LogP) is 2.83. The molecule has 0 spiro atoms. The number of ether oxygens (including phenoxy) is 2. The summed E-state index contributed by atoms with van der Waals surface area (Å²) in [7, 11) is 0. The molecule has 102 valence electrons. The standard InChI is InChI=1S/C16H15NO3/c17-15(12-19-14-9-5-2-6-10-14)16(18)20-11-13-7-3-1-4-8-13/h1-10,17H,11-12H2. The summed E-state index contributed by atoms with van der Waals surface area (Å²) in [6, 6.07) is 18.4. The zero-order valence-electron chi connectivity index (χ0n) is 10.9. The average Bonchev–Trinajstić information content (AvgIpc) is 2.52. The van der Waals surface area contributed by atoms with Crippen molar-refractivity contribution in [3.05, 3.63) is 66.2 Å². The molecule has 2 aromatic rings. The number of para-hydroxylation sites is 1. The molecule has 0 heterocycles. The van der Waals surface area contributed by atoms with Crippen molar-refractivity contribution in [1.29, 1.82) is 5.41 Å². The Bertz CT molecular complexity index is 513. The second-order valence-electron chi connectivity index (χ2n) is 4.14. The zero-order chi connectivity index (χ0) is 14.2. The van der Waals surface area contributed by atoms with Gasteiger partial charge >= 0.3 is 5.97 Å². The van der Waals surface area contributed by atoms with Gasteiger partial charge < -0.3 is 9.47 Å². The van der Waals surface area contributed by atoms with Crippen molar-refractivity contribution in [2.45, 2.75) is 6.61 Å². The molecule has 0 radical (unpaired) electrons. The number of hydrogen-bond acceptors (Lipinski definition) is 4. The molecule has 0 aromatic heterocycles.